The number of hydrogen-bond donors (Lipinski definition) is 1. The number of aromatic carboxylic acids is 1. The number of aromatic nitrogens is 4. The van der Waals surface area contributed by atoms with Crippen LogP contribution >= 0.6 is 0 Å². The van der Waals surface area contributed by atoms with Gasteiger partial charge in [-0.3, -0.25) is 4.90 Å². The van der Waals surface area contributed by atoms with Crippen LogP contribution in [0.4, 0.5) is 0 Å². The van der Waals surface area contributed by atoms with Gasteiger partial charge < -0.3 is 23.7 Å². The number of para-hydroxylation sites is 1. The molecular formula is C31H31N5O5. The third kappa shape index (κ3) is 5.28. The van der Waals surface area contributed by atoms with Crippen LogP contribution in [0.15, 0.2) is 65.2 Å². The van der Waals surface area contributed by atoms with Crippen LogP contribution in [-0.4, -0.2) is 61.5 Å². The van der Waals surface area contributed by atoms with Gasteiger partial charge in [-0.1, -0.05) is 23.4 Å². The number of carboxylic acids is 1. The Labute approximate surface area is 236 Å². The zero-order valence-electron chi connectivity index (χ0n) is 22.6. The highest BCUT2D eigenvalue weighted by Gasteiger charge is 2.26. The standard InChI is InChI=1S/C31H31N5O5/c37-31(38)21-8-9-25-27(16-21)36(17-22-12-15-39-22)29(32-25)18-35-13-10-20(11-14-35)24-5-3-7-30(33-24)40-19-26-23-4-1-2-6-28(23)41-34-26/h1-9,16,20,22H,10-15,17-19H2,(H,37,38)/t22-/m0/s1. The Morgan fingerprint density at radius 2 is 1.88 bits per heavy atom. The number of imidazole rings is 1. The molecule has 1 atom stereocenters. The van der Waals surface area contributed by atoms with Crippen molar-refractivity contribution in [1.82, 2.24) is 24.6 Å². The van der Waals surface area contributed by atoms with Gasteiger partial charge in [-0.05, 0) is 68.8 Å². The molecule has 0 saturated carbocycles. The first-order valence-corrected chi connectivity index (χ1v) is 14.1. The Kier molecular flexibility index (Phi) is 6.85. The number of piperidine rings is 1. The van der Waals surface area contributed by atoms with Crippen molar-refractivity contribution >= 4 is 28.0 Å². The molecule has 5 heterocycles. The summed E-state index contributed by atoms with van der Waals surface area (Å²) in [5, 5.41) is 14.6. The molecule has 0 amide bonds. The van der Waals surface area contributed by atoms with E-state index in [1.54, 1.807) is 18.2 Å². The molecule has 3 aromatic heterocycles. The number of ether oxygens (including phenoxy) is 2. The number of fused-ring (bicyclic) bond motifs is 2. The van der Waals surface area contributed by atoms with E-state index in [0.717, 1.165) is 78.2 Å². The molecule has 2 aliphatic rings. The Morgan fingerprint density at radius 3 is 2.68 bits per heavy atom. The van der Waals surface area contributed by atoms with Crippen LogP contribution < -0.4 is 4.74 Å². The fourth-order valence-electron chi connectivity index (χ4n) is 5.77. The van der Waals surface area contributed by atoms with Crippen molar-refractivity contribution < 1.29 is 23.9 Å². The molecule has 2 aliphatic heterocycles. The van der Waals surface area contributed by atoms with E-state index in [1.165, 1.54) is 0 Å². The molecule has 5 aromatic rings. The van der Waals surface area contributed by atoms with Gasteiger partial charge in [-0.25, -0.2) is 14.8 Å². The van der Waals surface area contributed by atoms with Gasteiger partial charge in [0, 0.05) is 29.7 Å². The highest BCUT2D eigenvalue weighted by molar-refractivity contribution is 5.92. The number of benzene rings is 2. The van der Waals surface area contributed by atoms with Crippen LogP contribution in [0.25, 0.3) is 22.0 Å². The second-order valence-corrected chi connectivity index (χ2v) is 10.8. The lowest BCUT2D eigenvalue weighted by Gasteiger charge is -2.32. The van der Waals surface area contributed by atoms with E-state index >= 15 is 0 Å². The molecule has 7 rings (SSSR count). The molecule has 0 radical (unpaired) electrons. The number of nitrogens with zero attached hydrogens (tertiary/aromatic N) is 5. The van der Waals surface area contributed by atoms with Gasteiger partial charge in [0.25, 0.3) is 0 Å². The smallest absolute Gasteiger partial charge is 0.335 e. The fraction of sp³-hybridized carbons (Fsp3) is 0.355. The zero-order valence-corrected chi connectivity index (χ0v) is 22.6. The first kappa shape index (κ1) is 25.7. The number of hydrogen-bond acceptors (Lipinski definition) is 8. The van der Waals surface area contributed by atoms with E-state index in [9.17, 15) is 9.90 Å². The van der Waals surface area contributed by atoms with Gasteiger partial charge in [0.15, 0.2) is 5.58 Å². The van der Waals surface area contributed by atoms with Crippen LogP contribution in [0.3, 0.4) is 0 Å². The summed E-state index contributed by atoms with van der Waals surface area (Å²) in [4.78, 5) is 23.7. The SMILES string of the molecule is O=C(O)c1ccc2nc(CN3CCC(c4cccc(OCc5noc6ccccc56)n4)CC3)n(C[C@@H]3CCO3)c2c1. The van der Waals surface area contributed by atoms with Gasteiger partial charge in [0.1, 0.15) is 18.1 Å². The average molecular weight is 554 g/mol. The fourth-order valence-corrected chi connectivity index (χ4v) is 5.77. The van der Waals surface area contributed by atoms with Crippen molar-refractivity contribution in [2.45, 2.75) is 51.0 Å². The summed E-state index contributed by atoms with van der Waals surface area (Å²) in [6.07, 6.45) is 3.13. The number of pyridine rings is 1. The molecule has 2 aromatic carbocycles. The van der Waals surface area contributed by atoms with Gasteiger partial charge >= 0.3 is 5.97 Å². The van der Waals surface area contributed by atoms with E-state index in [4.69, 9.17) is 24.0 Å². The van der Waals surface area contributed by atoms with Crippen molar-refractivity contribution in [3.05, 3.63) is 83.4 Å². The van der Waals surface area contributed by atoms with Crippen LogP contribution in [0.5, 0.6) is 5.88 Å². The summed E-state index contributed by atoms with van der Waals surface area (Å²) < 4.78 is 19.2. The van der Waals surface area contributed by atoms with E-state index in [1.807, 2.05) is 36.4 Å². The summed E-state index contributed by atoms with van der Waals surface area (Å²) in [5.41, 5.74) is 4.49. The maximum Gasteiger partial charge on any atom is 0.335 e. The molecule has 210 valence electrons. The quantitative estimate of drug-likeness (QED) is 0.269. The van der Waals surface area contributed by atoms with Crippen molar-refractivity contribution in [3.63, 3.8) is 0 Å². The minimum Gasteiger partial charge on any atom is -0.478 e. The minimum atomic E-state index is -0.933. The monoisotopic (exact) mass is 553 g/mol. The number of likely N-dealkylation sites (tertiary alicyclic amines) is 1. The lowest BCUT2D eigenvalue weighted by atomic mass is 9.93. The predicted octanol–water partition coefficient (Wildman–Crippen LogP) is 5.02. The summed E-state index contributed by atoms with van der Waals surface area (Å²) in [5.74, 6) is 0.955. The Morgan fingerprint density at radius 1 is 1.02 bits per heavy atom. The zero-order chi connectivity index (χ0) is 27.8. The third-order valence-electron chi connectivity index (χ3n) is 8.18. The predicted molar refractivity (Wildman–Crippen MR) is 151 cm³/mol. The largest absolute Gasteiger partial charge is 0.478 e. The summed E-state index contributed by atoms with van der Waals surface area (Å²) in [6.45, 7) is 4.31. The van der Waals surface area contributed by atoms with Crippen LogP contribution in [0.1, 0.15) is 52.8 Å². The number of carbonyl (C=O) groups is 1. The topological polar surface area (TPSA) is 116 Å². The molecule has 2 fully saturated rings. The maximum absolute atomic E-state index is 11.6. The summed E-state index contributed by atoms with van der Waals surface area (Å²) in [6, 6.07) is 18.9. The number of carboxylic acid groups (broad SMARTS) is 1. The van der Waals surface area contributed by atoms with Gasteiger partial charge in [-0.15, -0.1) is 0 Å². The molecule has 2 saturated heterocycles. The van der Waals surface area contributed by atoms with E-state index < -0.39 is 5.97 Å². The summed E-state index contributed by atoms with van der Waals surface area (Å²) in [7, 11) is 0. The molecule has 0 bridgehead atoms. The molecular weight excluding hydrogens is 522 g/mol. The van der Waals surface area contributed by atoms with E-state index in [-0.39, 0.29) is 11.7 Å². The Bertz CT molecular complexity index is 1700. The first-order chi connectivity index (χ1) is 20.1. The Balaban J connectivity index is 1.01. The second-order valence-electron chi connectivity index (χ2n) is 10.8. The van der Waals surface area contributed by atoms with Crippen LogP contribution in [-0.2, 0) is 24.4 Å². The lowest BCUT2D eigenvalue weighted by Crippen LogP contribution is -2.35. The van der Waals surface area contributed by atoms with Crippen molar-refractivity contribution in [3.8, 4) is 5.88 Å². The van der Waals surface area contributed by atoms with Gasteiger partial charge in [-0.2, -0.15) is 0 Å². The third-order valence-corrected chi connectivity index (χ3v) is 8.18. The molecule has 0 spiro atoms. The Hall–Kier alpha value is -4.28. The first-order valence-electron chi connectivity index (χ1n) is 14.1. The second kappa shape index (κ2) is 10.9. The molecule has 0 aliphatic carbocycles. The molecule has 41 heavy (non-hydrogen) atoms. The highest BCUT2D eigenvalue weighted by Crippen LogP contribution is 2.30. The average Bonchev–Trinajstić information content (AvgIpc) is 3.54. The minimum absolute atomic E-state index is 0.147. The normalized spacial score (nSPS) is 18.1. The maximum atomic E-state index is 11.6. The van der Waals surface area contributed by atoms with Crippen molar-refractivity contribution in [2.24, 2.45) is 0 Å². The molecule has 10 heteroatoms. The number of rotatable bonds is 9. The molecule has 1 N–H and O–H groups in total. The summed E-state index contributed by atoms with van der Waals surface area (Å²) >= 11 is 0. The van der Waals surface area contributed by atoms with E-state index in [2.05, 4.69) is 20.7 Å². The van der Waals surface area contributed by atoms with Crippen LogP contribution in [0, 0.1) is 0 Å². The highest BCUT2D eigenvalue weighted by atomic mass is 16.5. The van der Waals surface area contributed by atoms with Gasteiger partial charge in [0.05, 0.1) is 35.8 Å². The van der Waals surface area contributed by atoms with Crippen LogP contribution in [0.2, 0.25) is 0 Å². The van der Waals surface area contributed by atoms with Gasteiger partial charge in [0.2, 0.25) is 5.88 Å². The van der Waals surface area contributed by atoms with E-state index in [0.29, 0.717) is 31.5 Å². The lowest BCUT2D eigenvalue weighted by molar-refractivity contribution is -0.0592. The van der Waals surface area contributed by atoms with Crippen molar-refractivity contribution in [2.75, 3.05) is 19.7 Å². The molecule has 0 unspecified atom stereocenters. The molecule has 10 nitrogen and oxygen atoms in total. The van der Waals surface area contributed by atoms with Crippen molar-refractivity contribution in [1.29, 1.82) is 0 Å².